The number of carbonyl (C=O) groups is 2. The Bertz CT molecular complexity index is 777. The first kappa shape index (κ1) is 18.9. The number of nitrogens with zero attached hydrogens (tertiary/aromatic N) is 1. The molecule has 7 nitrogen and oxygen atoms in total. The van der Waals surface area contributed by atoms with Crippen LogP contribution in [0.3, 0.4) is 0 Å². The summed E-state index contributed by atoms with van der Waals surface area (Å²) in [5.41, 5.74) is 0.371. The molecule has 0 radical (unpaired) electrons. The maximum Gasteiger partial charge on any atom is 0.306 e. The van der Waals surface area contributed by atoms with E-state index in [1.165, 1.54) is 6.07 Å². The molecule has 1 aromatic carbocycles. The van der Waals surface area contributed by atoms with Crippen molar-refractivity contribution in [1.82, 2.24) is 0 Å². The maximum absolute atomic E-state index is 11.8. The summed E-state index contributed by atoms with van der Waals surface area (Å²) < 4.78 is 5.42. The summed E-state index contributed by atoms with van der Waals surface area (Å²) in [7, 11) is 0. The number of hydrogen-bond acceptors (Lipinski definition) is 7. The second kappa shape index (κ2) is 9.14. The first-order chi connectivity index (χ1) is 12.0. The zero-order chi connectivity index (χ0) is 18.2. The lowest BCUT2D eigenvalue weighted by atomic mass is 10.2. The van der Waals surface area contributed by atoms with Gasteiger partial charge in [-0.2, -0.15) is 0 Å². The molecule has 1 N–H and O–H groups in total. The molecule has 2 rings (SSSR count). The van der Waals surface area contributed by atoms with E-state index in [0.717, 1.165) is 11.3 Å². The zero-order valence-corrected chi connectivity index (χ0v) is 14.6. The summed E-state index contributed by atoms with van der Waals surface area (Å²) >= 11 is 6.87. The molecule has 0 aliphatic heterocycles. The lowest BCUT2D eigenvalue weighted by Gasteiger charge is -2.07. The van der Waals surface area contributed by atoms with Gasteiger partial charge >= 0.3 is 5.97 Å². The van der Waals surface area contributed by atoms with Crippen LogP contribution in [0, 0.1) is 10.1 Å². The van der Waals surface area contributed by atoms with Crippen molar-refractivity contribution in [2.24, 2.45) is 0 Å². The van der Waals surface area contributed by atoms with Gasteiger partial charge in [0, 0.05) is 19.0 Å². The molecule has 0 fully saturated rings. The lowest BCUT2D eigenvalue weighted by molar-refractivity contribution is -0.384. The number of nitro benzene ring substituents is 1. The second-order valence-corrected chi connectivity index (χ2v) is 6.71. The average Bonchev–Trinajstić information content (AvgIpc) is 3.03. The number of hydrogen-bond donors (Lipinski definition) is 1. The van der Waals surface area contributed by atoms with Gasteiger partial charge in [-0.25, -0.2) is 0 Å². The van der Waals surface area contributed by atoms with Crippen molar-refractivity contribution in [1.29, 1.82) is 0 Å². The number of ether oxygens (including phenoxy) is 1. The molecule has 0 saturated carbocycles. The second-order valence-electron chi connectivity index (χ2n) is 4.99. The molecule has 1 aromatic heterocycles. The fourth-order valence-corrected chi connectivity index (χ4v) is 2.96. The van der Waals surface area contributed by atoms with E-state index in [0.29, 0.717) is 27.9 Å². The van der Waals surface area contributed by atoms with Crippen molar-refractivity contribution in [3.63, 3.8) is 0 Å². The highest BCUT2D eigenvalue weighted by Crippen LogP contribution is 2.23. The van der Waals surface area contributed by atoms with Gasteiger partial charge in [0.25, 0.3) is 5.69 Å². The van der Waals surface area contributed by atoms with Gasteiger partial charge in [0.15, 0.2) is 6.61 Å². The normalized spacial score (nSPS) is 10.3. The van der Waals surface area contributed by atoms with Crippen LogP contribution >= 0.6 is 22.9 Å². The summed E-state index contributed by atoms with van der Waals surface area (Å²) in [6.45, 7) is 0.0433. The van der Waals surface area contributed by atoms with Crippen LogP contribution in [0.4, 0.5) is 11.4 Å². The molecule has 0 bridgehead atoms. The molecule has 1 heterocycles. The predicted octanol–water partition coefficient (Wildman–Crippen LogP) is 3.93. The van der Waals surface area contributed by atoms with Crippen LogP contribution in [-0.4, -0.2) is 29.8 Å². The molecule has 0 unspecified atom stereocenters. The average molecular weight is 383 g/mol. The summed E-state index contributed by atoms with van der Waals surface area (Å²) in [5, 5.41) is 13.8. The molecular formula is C16H15ClN2O5S. The number of para-hydroxylation sites is 2. The summed E-state index contributed by atoms with van der Waals surface area (Å²) in [6, 6.07) is 9.46. The van der Waals surface area contributed by atoms with Crippen LogP contribution in [-0.2, 0) is 9.53 Å². The van der Waals surface area contributed by atoms with E-state index >= 15 is 0 Å². The highest BCUT2D eigenvalue weighted by molar-refractivity contribution is 7.18. The topological polar surface area (TPSA) is 98.5 Å². The Morgan fingerprint density at radius 2 is 2.00 bits per heavy atom. The van der Waals surface area contributed by atoms with Crippen molar-refractivity contribution >= 4 is 46.1 Å². The molecule has 132 valence electrons. The monoisotopic (exact) mass is 382 g/mol. The smallest absolute Gasteiger partial charge is 0.306 e. The van der Waals surface area contributed by atoms with E-state index in [1.807, 2.05) is 0 Å². The van der Waals surface area contributed by atoms with Crippen LogP contribution in [0.2, 0.25) is 4.34 Å². The number of Topliss-reactive ketones (excluding diaryl/α,β-unsaturated/α-hetero) is 1. The Labute approximate surface area is 152 Å². The van der Waals surface area contributed by atoms with Crippen LogP contribution in [0.5, 0.6) is 0 Å². The Hall–Kier alpha value is -2.45. The first-order valence-corrected chi connectivity index (χ1v) is 8.58. The van der Waals surface area contributed by atoms with Crippen LogP contribution in [0.25, 0.3) is 0 Å². The molecule has 25 heavy (non-hydrogen) atoms. The number of rotatable bonds is 9. The van der Waals surface area contributed by atoms with Gasteiger partial charge in [-0.15, -0.1) is 11.3 Å². The third kappa shape index (κ3) is 5.84. The number of anilines is 1. The Balaban J connectivity index is 1.69. The number of carbonyl (C=O) groups excluding carboxylic acids is 2. The molecular weight excluding hydrogens is 368 g/mol. The standard InChI is InChI=1S/C16H15ClN2O5S/c17-15-8-7-14(25-15)13(20)10-24-16(21)6-3-9-18-11-4-1-2-5-12(11)19(22)23/h1-2,4-5,7-8,18H,3,6,9-10H2. The van der Waals surface area contributed by atoms with Gasteiger partial charge in [-0.3, -0.25) is 19.7 Å². The van der Waals surface area contributed by atoms with E-state index in [9.17, 15) is 19.7 Å². The summed E-state index contributed by atoms with van der Waals surface area (Å²) in [5.74, 6) is -0.802. The highest BCUT2D eigenvalue weighted by atomic mass is 35.5. The maximum atomic E-state index is 11.8. The molecule has 0 aliphatic carbocycles. The Morgan fingerprint density at radius 1 is 1.24 bits per heavy atom. The SMILES string of the molecule is O=C(CCCNc1ccccc1[N+](=O)[O-])OCC(=O)c1ccc(Cl)s1. The minimum atomic E-state index is -0.500. The van der Waals surface area contributed by atoms with Gasteiger partial charge in [0.05, 0.1) is 14.1 Å². The highest BCUT2D eigenvalue weighted by Gasteiger charge is 2.13. The molecule has 0 amide bonds. The van der Waals surface area contributed by atoms with Crippen molar-refractivity contribution in [2.75, 3.05) is 18.5 Å². The van der Waals surface area contributed by atoms with Gasteiger partial charge in [0.2, 0.25) is 5.78 Å². The van der Waals surface area contributed by atoms with E-state index in [4.69, 9.17) is 16.3 Å². The zero-order valence-electron chi connectivity index (χ0n) is 13.1. The van der Waals surface area contributed by atoms with Crippen LogP contribution in [0.1, 0.15) is 22.5 Å². The lowest BCUT2D eigenvalue weighted by Crippen LogP contribution is -2.14. The largest absolute Gasteiger partial charge is 0.457 e. The number of esters is 1. The minimum Gasteiger partial charge on any atom is -0.457 e. The molecule has 0 spiro atoms. The van der Waals surface area contributed by atoms with Gasteiger partial charge in [0.1, 0.15) is 5.69 Å². The van der Waals surface area contributed by atoms with E-state index in [2.05, 4.69) is 5.32 Å². The molecule has 0 saturated heterocycles. The van der Waals surface area contributed by atoms with Gasteiger partial charge in [-0.05, 0) is 24.6 Å². The predicted molar refractivity (Wildman–Crippen MR) is 95.4 cm³/mol. The number of ketones is 1. The fraction of sp³-hybridized carbons (Fsp3) is 0.250. The van der Waals surface area contributed by atoms with E-state index < -0.39 is 10.9 Å². The molecule has 0 atom stereocenters. The summed E-state index contributed by atoms with van der Waals surface area (Å²) in [6.07, 6.45) is 0.524. The Kier molecular flexibility index (Phi) is 6.91. The molecule has 9 heteroatoms. The minimum absolute atomic E-state index is 0.0229. The number of nitro groups is 1. The third-order valence-electron chi connectivity index (χ3n) is 3.19. The van der Waals surface area contributed by atoms with Gasteiger partial charge < -0.3 is 10.1 Å². The molecule has 2 aromatic rings. The van der Waals surface area contributed by atoms with Crippen molar-refractivity contribution in [2.45, 2.75) is 12.8 Å². The van der Waals surface area contributed by atoms with Crippen molar-refractivity contribution in [3.05, 3.63) is 55.7 Å². The van der Waals surface area contributed by atoms with E-state index in [1.54, 1.807) is 30.3 Å². The van der Waals surface area contributed by atoms with Crippen molar-refractivity contribution < 1.29 is 19.2 Å². The van der Waals surface area contributed by atoms with Gasteiger partial charge in [-0.1, -0.05) is 23.7 Å². The number of nitrogens with one attached hydrogen (secondary N) is 1. The van der Waals surface area contributed by atoms with Crippen molar-refractivity contribution in [3.8, 4) is 0 Å². The first-order valence-electron chi connectivity index (χ1n) is 7.39. The van der Waals surface area contributed by atoms with Crippen LogP contribution in [0.15, 0.2) is 36.4 Å². The number of thiophene rings is 1. The third-order valence-corrected chi connectivity index (χ3v) is 4.46. The number of halogens is 1. The fourth-order valence-electron chi connectivity index (χ4n) is 1.99. The molecule has 0 aliphatic rings. The quantitative estimate of drug-likeness (QED) is 0.232. The summed E-state index contributed by atoms with van der Waals surface area (Å²) in [4.78, 5) is 34.3. The van der Waals surface area contributed by atoms with Crippen LogP contribution < -0.4 is 5.32 Å². The Morgan fingerprint density at radius 3 is 2.68 bits per heavy atom. The van der Waals surface area contributed by atoms with E-state index in [-0.39, 0.29) is 24.5 Å². The number of benzene rings is 1.